The molecule has 3 rings (SSSR count). The molecule has 0 unspecified atom stereocenters. The molecule has 0 amide bonds. The van der Waals surface area contributed by atoms with E-state index in [1.807, 2.05) is 30.0 Å². The second kappa shape index (κ2) is 5.46. The van der Waals surface area contributed by atoms with E-state index in [0.29, 0.717) is 16.2 Å². The Bertz CT molecular complexity index is 729. The first-order chi connectivity index (χ1) is 9.61. The van der Waals surface area contributed by atoms with Gasteiger partial charge in [0, 0.05) is 10.1 Å². The number of hydrogen-bond donors (Lipinski definition) is 2. The van der Waals surface area contributed by atoms with E-state index >= 15 is 0 Å². The predicted octanol–water partition coefficient (Wildman–Crippen LogP) is 1.40. The molecule has 2 N–H and O–H groups in total. The first-order valence-electron chi connectivity index (χ1n) is 6.73. The van der Waals surface area contributed by atoms with Gasteiger partial charge in [-0.15, -0.1) is 11.8 Å². The summed E-state index contributed by atoms with van der Waals surface area (Å²) in [5.41, 5.74) is -0.195. The second-order valence-electron chi connectivity index (χ2n) is 5.24. The third-order valence-electron chi connectivity index (χ3n) is 3.68. The van der Waals surface area contributed by atoms with Crippen LogP contribution >= 0.6 is 11.8 Å². The third-order valence-corrected chi connectivity index (χ3v) is 5.01. The van der Waals surface area contributed by atoms with Crippen LogP contribution in [0.1, 0.15) is 12.8 Å². The average Bonchev–Trinajstić information content (AvgIpc) is 2.42. The van der Waals surface area contributed by atoms with E-state index in [0.717, 1.165) is 18.0 Å². The summed E-state index contributed by atoms with van der Waals surface area (Å²) < 4.78 is 0. The lowest BCUT2D eigenvalue weighted by molar-refractivity contribution is 0.282. The monoisotopic (exact) mass is 291 g/mol. The van der Waals surface area contributed by atoms with Crippen LogP contribution in [0.4, 0.5) is 0 Å². The van der Waals surface area contributed by atoms with Crippen molar-refractivity contribution in [1.82, 2.24) is 14.9 Å². The molecule has 0 aliphatic carbocycles. The van der Waals surface area contributed by atoms with Crippen LogP contribution in [0.15, 0.2) is 32.7 Å². The summed E-state index contributed by atoms with van der Waals surface area (Å²) in [6.45, 7) is 2.25. The number of benzene rings is 1. The van der Waals surface area contributed by atoms with Gasteiger partial charge in [0.05, 0.1) is 10.9 Å². The highest BCUT2D eigenvalue weighted by Gasteiger charge is 2.17. The lowest BCUT2D eigenvalue weighted by Gasteiger charge is -2.28. The van der Waals surface area contributed by atoms with E-state index in [1.54, 1.807) is 0 Å². The summed E-state index contributed by atoms with van der Waals surface area (Å²) >= 11 is 1.82. The fourth-order valence-corrected chi connectivity index (χ4v) is 3.68. The van der Waals surface area contributed by atoms with Crippen molar-refractivity contribution >= 4 is 22.7 Å². The van der Waals surface area contributed by atoms with Gasteiger partial charge in [0.15, 0.2) is 0 Å². The van der Waals surface area contributed by atoms with Crippen LogP contribution in [0.2, 0.25) is 0 Å². The van der Waals surface area contributed by atoms with Gasteiger partial charge in [-0.2, -0.15) is 0 Å². The first kappa shape index (κ1) is 13.5. The molecule has 1 aromatic carbocycles. The highest BCUT2D eigenvalue weighted by molar-refractivity contribution is 8.00. The van der Waals surface area contributed by atoms with Crippen LogP contribution in [0, 0.1) is 0 Å². The van der Waals surface area contributed by atoms with Crippen molar-refractivity contribution in [3.05, 3.63) is 39.0 Å². The van der Waals surface area contributed by atoms with Crippen LogP contribution in [-0.4, -0.2) is 40.3 Å². The Morgan fingerprint density at radius 3 is 2.70 bits per heavy atom. The van der Waals surface area contributed by atoms with E-state index in [2.05, 4.69) is 21.9 Å². The summed E-state index contributed by atoms with van der Waals surface area (Å²) in [4.78, 5) is 31.3. The molecule has 6 heteroatoms. The molecule has 20 heavy (non-hydrogen) atoms. The van der Waals surface area contributed by atoms with E-state index in [4.69, 9.17) is 0 Å². The van der Waals surface area contributed by atoms with E-state index in [1.165, 1.54) is 12.8 Å². The molecule has 106 valence electrons. The molecule has 1 aliphatic heterocycles. The molecule has 0 bridgehead atoms. The number of nitrogens with zero attached hydrogens (tertiary/aromatic N) is 1. The number of nitrogens with one attached hydrogen (secondary N) is 2. The number of rotatable bonds is 2. The molecular weight excluding hydrogens is 274 g/mol. The molecule has 0 spiro atoms. The molecule has 1 aliphatic rings. The minimum absolute atomic E-state index is 0.324. The minimum Gasteiger partial charge on any atom is -0.307 e. The molecule has 2 aromatic rings. The lowest BCUT2D eigenvalue weighted by Crippen LogP contribution is -2.31. The topological polar surface area (TPSA) is 69.0 Å². The molecule has 1 fully saturated rings. The van der Waals surface area contributed by atoms with Gasteiger partial charge in [-0.05, 0) is 51.2 Å². The number of piperidine rings is 1. The minimum atomic E-state index is -0.460. The van der Waals surface area contributed by atoms with E-state index < -0.39 is 5.69 Å². The normalized spacial score (nSPS) is 17.6. The van der Waals surface area contributed by atoms with Crippen molar-refractivity contribution in [3.8, 4) is 0 Å². The zero-order valence-corrected chi connectivity index (χ0v) is 12.1. The lowest BCUT2D eigenvalue weighted by atomic mass is 10.1. The molecule has 0 radical (unpaired) electrons. The average molecular weight is 291 g/mol. The Morgan fingerprint density at radius 2 is 1.95 bits per heavy atom. The van der Waals surface area contributed by atoms with Crippen LogP contribution in [-0.2, 0) is 0 Å². The van der Waals surface area contributed by atoms with Crippen LogP contribution < -0.4 is 11.2 Å². The molecule has 0 atom stereocenters. The van der Waals surface area contributed by atoms with Gasteiger partial charge >= 0.3 is 5.69 Å². The van der Waals surface area contributed by atoms with Crippen molar-refractivity contribution in [2.45, 2.75) is 23.0 Å². The highest BCUT2D eigenvalue weighted by atomic mass is 32.2. The summed E-state index contributed by atoms with van der Waals surface area (Å²) in [6.07, 6.45) is 2.34. The number of thioether (sulfide) groups is 1. The fourth-order valence-electron chi connectivity index (χ4n) is 2.51. The Labute approximate surface area is 120 Å². The van der Waals surface area contributed by atoms with Gasteiger partial charge in [0.25, 0.3) is 5.56 Å². The molecule has 1 saturated heterocycles. The largest absolute Gasteiger partial charge is 0.326 e. The van der Waals surface area contributed by atoms with Crippen molar-refractivity contribution < 1.29 is 0 Å². The Morgan fingerprint density at radius 1 is 1.20 bits per heavy atom. The number of fused-ring (bicyclic) bond motifs is 1. The second-order valence-corrected chi connectivity index (χ2v) is 6.61. The van der Waals surface area contributed by atoms with E-state index in [9.17, 15) is 9.59 Å². The Kier molecular flexibility index (Phi) is 3.67. The van der Waals surface area contributed by atoms with Gasteiger partial charge < -0.3 is 9.88 Å². The molecular formula is C14H17N3O2S. The van der Waals surface area contributed by atoms with Gasteiger partial charge in [0.2, 0.25) is 0 Å². The van der Waals surface area contributed by atoms with Gasteiger partial charge in [-0.3, -0.25) is 9.78 Å². The fraction of sp³-hybridized carbons (Fsp3) is 0.429. The quantitative estimate of drug-likeness (QED) is 0.877. The Balaban J connectivity index is 1.86. The van der Waals surface area contributed by atoms with Crippen molar-refractivity contribution in [2.24, 2.45) is 0 Å². The van der Waals surface area contributed by atoms with Crippen molar-refractivity contribution in [3.63, 3.8) is 0 Å². The van der Waals surface area contributed by atoms with E-state index in [-0.39, 0.29) is 5.56 Å². The SMILES string of the molecule is CN1CCC(Sc2ccc3[nH]c(=O)[nH]c(=O)c3c2)CC1. The van der Waals surface area contributed by atoms with Crippen molar-refractivity contribution in [2.75, 3.05) is 20.1 Å². The van der Waals surface area contributed by atoms with Crippen LogP contribution in [0.25, 0.3) is 10.9 Å². The smallest absolute Gasteiger partial charge is 0.307 e. The molecule has 2 heterocycles. The number of hydrogen-bond acceptors (Lipinski definition) is 4. The molecule has 0 saturated carbocycles. The summed E-state index contributed by atoms with van der Waals surface area (Å²) in [7, 11) is 2.15. The zero-order valence-electron chi connectivity index (χ0n) is 11.3. The maximum atomic E-state index is 11.8. The van der Waals surface area contributed by atoms with Gasteiger partial charge in [-0.1, -0.05) is 0 Å². The van der Waals surface area contributed by atoms with Crippen LogP contribution in [0.5, 0.6) is 0 Å². The third kappa shape index (κ3) is 2.81. The first-order valence-corrected chi connectivity index (χ1v) is 7.61. The standard InChI is InChI=1S/C14H17N3O2S/c1-17-6-4-9(5-7-17)20-10-2-3-12-11(8-10)13(18)16-14(19)15-12/h2-3,8-9H,4-7H2,1H3,(H2,15,16,18,19). The zero-order chi connectivity index (χ0) is 14.1. The summed E-state index contributed by atoms with van der Waals surface area (Å²) in [5, 5.41) is 1.15. The predicted molar refractivity (Wildman–Crippen MR) is 81.6 cm³/mol. The van der Waals surface area contributed by atoms with Gasteiger partial charge in [0.1, 0.15) is 0 Å². The number of aromatic nitrogens is 2. The summed E-state index contributed by atoms with van der Waals surface area (Å²) in [6, 6.07) is 5.65. The molecule has 5 nitrogen and oxygen atoms in total. The number of likely N-dealkylation sites (tertiary alicyclic amines) is 1. The maximum absolute atomic E-state index is 11.8. The molecule has 1 aromatic heterocycles. The van der Waals surface area contributed by atoms with Crippen LogP contribution in [0.3, 0.4) is 0 Å². The number of H-pyrrole nitrogens is 2. The Hall–Kier alpha value is -1.53. The maximum Gasteiger partial charge on any atom is 0.326 e. The number of aromatic amines is 2. The van der Waals surface area contributed by atoms with Gasteiger partial charge in [-0.25, -0.2) is 4.79 Å². The van der Waals surface area contributed by atoms with Crippen molar-refractivity contribution in [1.29, 1.82) is 0 Å². The summed E-state index contributed by atoms with van der Waals surface area (Å²) in [5.74, 6) is 0. The highest BCUT2D eigenvalue weighted by Crippen LogP contribution is 2.30.